The van der Waals surface area contributed by atoms with Crippen molar-refractivity contribution in [1.29, 1.82) is 0 Å². The number of aryl methyl sites for hydroxylation is 1. The first-order valence-electron chi connectivity index (χ1n) is 11.4. The first-order valence-corrected chi connectivity index (χ1v) is 12.5. The third kappa shape index (κ3) is 5.93. The maximum absolute atomic E-state index is 14.1. The molecular weight excluding hydrogens is 503 g/mol. The second-order valence-electron chi connectivity index (χ2n) is 8.46. The Morgan fingerprint density at radius 3 is 2.67 bits per heavy atom. The lowest BCUT2D eigenvalue weighted by atomic mass is 10.3. The van der Waals surface area contributed by atoms with Crippen LogP contribution in [-0.2, 0) is 6.54 Å². The van der Waals surface area contributed by atoms with Crippen molar-refractivity contribution in [3.63, 3.8) is 0 Å². The molecule has 12 heteroatoms. The van der Waals surface area contributed by atoms with E-state index >= 15 is 0 Å². The molecule has 0 atom stereocenters. The molecule has 9 nitrogen and oxygen atoms in total. The maximum atomic E-state index is 14.1. The summed E-state index contributed by atoms with van der Waals surface area (Å²) in [5, 5.41) is 3.97. The fourth-order valence-electron chi connectivity index (χ4n) is 3.68. The lowest BCUT2D eigenvalue weighted by Gasteiger charge is -2.31. The van der Waals surface area contributed by atoms with Gasteiger partial charge >= 0.3 is 6.01 Å². The van der Waals surface area contributed by atoms with Crippen LogP contribution in [0.3, 0.4) is 0 Å². The van der Waals surface area contributed by atoms with Gasteiger partial charge in [0.15, 0.2) is 22.5 Å². The smallest absolute Gasteiger partial charge is 0.322 e. The molecule has 1 aromatic carbocycles. The molecule has 1 aliphatic rings. The molecule has 5 rings (SSSR count). The summed E-state index contributed by atoms with van der Waals surface area (Å²) < 4.78 is 19.7. The molecule has 1 saturated heterocycles. The molecule has 0 spiro atoms. The van der Waals surface area contributed by atoms with Gasteiger partial charge in [0, 0.05) is 44.6 Å². The largest absolute Gasteiger partial charge is 0.420 e. The number of aromatic nitrogens is 5. The zero-order valence-corrected chi connectivity index (χ0v) is 21.4. The van der Waals surface area contributed by atoms with Crippen molar-refractivity contribution in [2.75, 3.05) is 38.5 Å². The van der Waals surface area contributed by atoms with Gasteiger partial charge in [-0.15, -0.1) is 0 Å². The molecule has 0 bridgehead atoms. The molecular formula is C24H24ClFN8OS. The van der Waals surface area contributed by atoms with Gasteiger partial charge < -0.3 is 15.0 Å². The van der Waals surface area contributed by atoms with E-state index in [1.54, 1.807) is 37.6 Å². The maximum Gasteiger partial charge on any atom is 0.322 e. The first-order chi connectivity index (χ1) is 17.4. The van der Waals surface area contributed by atoms with Gasteiger partial charge in [0.2, 0.25) is 0 Å². The average molecular weight is 527 g/mol. The molecule has 4 heterocycles. The van der Waals surface area contributed by atoms with E-state index in [-0.39, 0.29) is 16.8 Å². The van der Waals surface area contributed by atoms with Gasteiger partial charge in [-0.05, 0) is 32.2 Å². The van der Waals surface area contributed by atoms with Crippen LogP contribution in [-0.4, -0.2) is 67.9 Å². The van der Waals surface area contributed by atoms with Crippen molar-refractivity contribution in [3.05, 3.63) is 65.1 Å². The molecule has 0 radical (unpaired) electrons. The van der Waals surface area contributed by atoms with Crippen LogP contribution in [0.5, 0.6) is 11.8 Å². The zero-order valence-electron chi connectivity index (χ0n) is 19.8. The Labute approximate surface area is 217 Å². The summed E-state index contributed by atoms with van der Waals surface area (Å²) >= 11 is 7.46. The SMILES string of the molecule is Cc1cc(-c2cnc(Nc3cnc(CN4CCN(C)CC4)cn3)s2)nc(Oc2c(F)cccc2Cl)n1. The quantitative estimate of drug-likeness (QED) is 0.365. The van der Waals surface area contributed by atoms with Gasteiger partial charge in [-0.25, -0.2) is 19.3 Å². The third-order valence-corrected chi connectivity index (χ3v) is 6.86. The van der Waals surface area contributed by atoms with Gasteiger partial charge in [0.25, 0.3) is 0 Å². The number of likely N-dealkylation sites (N-methyl/N-ethyl adjacent to an activating group) is 1. The van der Waals surface area contributed by atoms with Crippen LogP contribution in [0.1, 0.15) is 11.4 Å². The van der Waals surface area contributed by atoms with E-state index in [1.807, 2.05) is 0 Å². The normalized spacial score (nSPS) is 14.7. The van der Waals surface area contributed by atoms with Gasteiger partial charge in [0.1, 0.15) is 0 Å². The summed E-state index contributed by atoms with van der Waals surface area (Å²) in [6, 6.07) is 6.12. The summed E-state index contributed by atoms with van der Waals surface area (Å²) in [6.07, 6.45) is 5.20. The summed E-state index contributed by atoms with van der Waals surface area (Å²) in [6.45, 7) is 6.79. The second-order valence-corrected chi connectivity index (χ2v) is 9.89. The number of hydrogen-bond donors (Lipinski definition) is 1. The van der Waals surface area contributed by atoms with E-state index in [0.29, 0.717) is 22.3 Å². The van der Waals surface area contributed by atoms with Crippen LogP contribution < -0.4 is 10.1 Å². The Balaban J connectivity index is 1.26. The standard InChI is InChI=1S/C24H24ClFN8OS/c1-15-10-19(31-23(30-15)35-22-17(25)4-3-5-18(22)26)20-12-29-24(36-20)32-21-13-27-16(11-28-21)14-34-8-6-33(2)7-9-34/h3-5,10-13H,6-9,14H2,1-2H3,(H,28,29,32). The number of rotatable bonds is 7. The molecule has 4 aromatic rings. The summed E-state index contributed by atoms with van der Waals surface area (Å²) in [5.74, 6) is -0.0961. The number of nitrogens with zero attached hydrogens (tertiary/aromatic N) is 7. The van der Waals surface area contributed by atoms with Gasteiger partial charge in [0.05, 0.1) is 33.7 Å². The van der Waals surface area contributed by atoms with E-state index in [9.17, 15) is 4.39 Å². The highest BCUT2D eigenvalue weighted by molar-refractivity contribution is 7.18. The minimum Gasteiger partial charge on any atom is -0.420 e. The average Bonchev–Trinajstić information content (AvgIpc) is 3.32. The van der Waals surface area contributed by atoms with Crippen molar-refractivity contribution >= 4 is 33.9 Å². The number of anilines is 2. The number of nitrogens with one attached hydrogen (secondary N) is 1. The highest BCUT2D eigenvalue weighted by Crippen LogP contribution is 2.33. The molecule has 1 fully saturated rings. The molecule has 3 aromatic heterocycles. The second kappa shape index (κ2) is 10.8. The molecule has 0 saturated carbocycles. The van der Waals surface area contributed by atoms with E-state index < -0.39 is 5.82 Å². The van der Waals surface area contributed by atoms with Crippen LogP contribution in [0.2, 0.25) is 5.02 Å². The molecule has 36 heavy (non-hydrogen) atoms. The van der Waals surface area contributed by atoms with E-state index in [2.05, 4.69) is 47.1 Å². The van der Waals surface area contributed by atoms with E-state index in [1.165, 1.54) is 23.5 Å². The Bertz CT molecular complexity index is 1320. The predicted molar refractivity (Wildman–Crippen MR) is 137 cm³/mol. The molecule has 0 amide bonds. The lowest BCUT2D eigenvalue weighted by Crippen LogP contribution is -2.44. The Morgan fingerprint density at radius 1 is 1.08 bits per heavy atom. The van der Waals surface area contributed by atoms with E-state index in [0.717, 1.165) is 43.3 Å². The molecule has 1 N–H and O–H groups in total. The monoisotopic (exact) mass is 526 g/mol. The minimum absolute atomic E-state index is 0.00159. The Morgan fingerprint density at radius 2 is 1.92 bits per heavy atom. The number of ether oxygens (including phenoxy) is 1. The van der Waals surface area contributed by atoms with Crippen LogP contribution in [0, 0.1) is 12.7 Å². The lowest BCUT2D eigenvalue weighted by molar-refractivity contribution is 0.147. The van der Waals surface area contributed by atoms with Crippen molar-refractivity contribution in [3.8, 4) is 22.3 Å². The number of para-hydroxylation sites is 1. The van der Waals surface area contributed by atoms with E-state index in [4.69, 9.17) is 16.3 Å². The zero-order chi connectivity index (χ0) is 25.1. The summed E-state index contributed by atoms with van der Waals surface area (Å²) in [5.41, 5.74) is 2.19. The Hall–Kier alpha value is -3.25. The van der Waals surface area contributed by atoms with Crippen molar-refractivity contribution < 1.29 is 9.13 Å². The highest BCUT2D eigenvalue weighted by atomic mass is 35.5. The van der Waals surface area contributed by atoms with Crippen molar-refractivity contribution in [2.24, 2.45) is 0 Å². The number of halogens is 2. The van der Waals surface area contributed by atoms with Crippen LogP contribution >= 0.6 is 22.9 Å². The van der Waals surface area contributed by atoms with Crippen LogP contribution in [0.4, 0.5) is 15.3 Å². The van der Waals surface area contributed by atoms with Gasteiger partial charge in [-0.3, -0.25) is 9.88 Å². The predicted octanol–water partition coefficient (Wildman–Crippen LogP) is 4.77. The summed E-state index contributed by atoms with van der Waals surface area (Å²) in [7, 11) is 2.14. The number of thiazole rings is 1. The highest BCUT2D eigenvalue weighted by Gasteiger charge is 2.16. The summed E-state index contributed by atoms with van der Waals surface area (Å²) in [4.78, 5) is 27.6. The fourth-order valence-corrected chi connectivity index (χ4v) is 4.67. The molecule has 0 unspecified atom stereocenters. The van der Waals surface area contributed by atoms with Gasteiger partial charge in [-0.2, -0.15) is 4.98 Å². The number of hydrogen-bond acceptors (Lipinski definition) is 10. The minimum atomic E-state index is -0.589. The number of benzene rings is 1. The van der Waals surface area contributed by atoms with Crippen molar-refractivity contribution in [2.45, 2.75) is 13.5 Å². The fraction of sp³-hybridized carbons (Fsp3) is 0.292. The van der Waals surface area contributed by atoms with Gasteiger partial charge in [-0.1, -0.05) is 29.0 Å². The van der Waals surface area contributed by atoms with Crippen molar-refractivity contribution in [1.82, 2.24) is 34.7 Å². The number of piperazine rings is 1. The molecule has 1 aliphatic heterocycles. The molecule has 0 aliphatic carbocycles. The van der Waals surface area contributed by atoms with Crippen LogP contribution in [0.15, 0.2) is 42.9 Å². The topological polar surface area (TPSA) is 92.2 Å². The molecule has 186 valence electrons. The first kappa shape index (κ1) is 24.4. The third-order valence-electron chi connectivity index (χ3n) is 5.63. The van der Waals surface area contributed by atoms with Crippen LogP contribution in [0.25, 0.3) is 10.6 Å². The Kier molecular flexibility index (Phi) is 7.33.